The van der Waals surface area contributed by atoms with Gasteiger partial charge in [-0.25, -0.2) is 4.39 Å². The Morgan fingerprint density at radius 1 is 1.19 bits per heavy atom. The molecule has 2 unspecified atom stereocenters. The molecule has 0 heterocycles. The number of hydrogen-bond donors (Lipinski definition) is 0. The van der Waals surface area contributed by atoms with E-state index >= 15 is 0 Å². The maximum atomic E-state index is 13.9. The molecule has 2 atom stereocenters. The van der Waals surface area contributed by atoms with Crippen LogP contribution in [0.5, 0.6) is 5.75 Å². The van der Waals surface area contributed by atoms with Crippen LogP contribution in [-0.2, 0) is 0 Å². The molecule has 5 saturated carbocycles. The predicted molar refractivity (Wildman–Crippen MR) is 80.0 cm³/mol. The predicted octanol–water partition coefficient (Wildman–Crippen LogP) is 4.83. The van der Waals surface area contributed by atoms with Crippen LogP contribution in [0.4, 0.5) is 4.39 Å². The van der Waals surface area contributed by atoms with Crippen LogP contribution < -0.4 is 4.74 Å². The quantitative estimate of drug-likeness (QED) is 0.770. The lowest BCUT2D eigenvalue weighted by Crippen LogP contribution is -2.28. The second kappa shape index (κ2) is 4.02. The molecule has 0 aromatic heterocycles. The third kappa shape index (κ3) is 1.74. The number of halogens is 1. The molecule has 1 aromatic rings. The zero-order valence-corrected chi connectivity index (χ0v) is 12.7. The van der Waals surface area contributed by atoms with Crippen molar-refractivity contribution in [2.45, 2.75) is 51.4 Å². The fraction of sp³-hybridized carbons (Fsp3) is 0.684. The summed E-state index contributed by atoms with van der Waals surface area (Å²) in [6.45, 7) is 2.68. The Hall–Kier alpha value is -1.05. The number of ether oxygens (including phenoxy) is 1. The highest BCUT2D eigenvalue weighted by atomic mass is 19.1. The van der Waals surface area contributed by atoms with E-state index in [1.54, 1.807) is 6.07 Å². The highest BCUT2D eigenvalue weighted by Gasteiger charge is 2.63. The van der Waals surface area contributed by atoms with E-state index in [9.17, 15) is 4.39 Å². The topological polar surface area (TPSA) is 9.23 Å². The molecule has 4 bridgehead atoms. The Morgan fingerprint density at radius 3 is 2.48 bits per heavy atom. The molecule has 21 heavy (non-hydrogen) atoms. The lowest BCUT2D eigenvalue weighted by Gasteiger charge is -2.29. The molecule has 6 rings (SSSR count). The van der Waals surface area contributed by atoms with Crippen molar-refractivity contribution in [2.24, 2.45) is 23.2 Å². The van der Waals surface area contributed by atoms with Crippen molar-refractivity contribution < 1.29 is 9.13 Å². The van der Waals surface area contributed by atoms with Crippen LogP contribution in [0.3, 0.4) is 0 Å². The van der Waals surface area contributed by atoms with E-state index in [1.165, 1.54) is 44.1 Å². The van der Waals surface area contributed by atoms with E-state index in [0.717, 1.165) is 35.7 Å². The van der Waals surface area contributed by atoms with Gasteiger partial charge in [-0.05, 0) is 86.3 Å². The highest BCUT2D eigenvalue weighted by molar-refractivity contribution is 5.42. The number of benzene rings is 1. The van der Waals surface area contributed by atoms with Crippen molar-refractivity contribution in [3.63, 3.8) is 0 Å². The molecule has 1 nitrogen and oxygen atoms in total. The zero-order chi connectivity index (χ0) is 14.2. The molecule has 5 aliphatic carbocycles. The summed E-state index contributed by atoms with van der Waals surface area (Å²) in [4.78, 5) is 0. The van der Waals surface area contributed by atoms with Gasteiger partial charge in [0.05, 0.1) is 6.61 Å². The first-order valence-electron chi connectivity index (χ1n) is 8.57. The molecule has 2 heteroatoms. The Balaban J connectivity index is 1.40. The maximum Gasteiger partial charge on any atom is 0.129 e. The number of aryl methyl sites for hydroxylation is 1. The number of rotatable bonds is 4. The first-order valence-corrected chi connectivity index (χ1v) is 8.57. The molecule has 0 saturated heterocycles. The SMILES string of the molecule is Cc1cc(C2CC2)c(OCC23CC4CC2CC4C3)cc1F. The molecule has 0 spiro atoms. The number of hydrogen-bond acceptors (Lipinski definition) is 1. The van der Waals surface area contributed by atoms with Crippen molar-refractivity contribution >= 4 is 0 Å². The third-order valence-electron chi connectivity index (χ3n) is 6.87. The minimum absolute atomic E-state index is 0.119. The Labute approximate surface area is 125 Å². The summed E-state index contributed by atoms with van der Waals surface area (Å²) < 4.78 is 20.2. The average molecular weight is 286 g/mol. The lowest BCUT2D eigenvalue weighted by atomic mass is 9.82. The van der Waals surface area contributed by atoms with Crippen LogP contribution >= 0.6 is 0 Å². The summed E-state index contributed by atoms with van der Waals surface area (Å²) in [5.41, 5.74) is 2.45. The normalized spacial score (nSPS) is 39.4. The van der Waals surface area contributed by atoms with Crippen LogP contribution in [-0.4, -0.2) is 6.61 Å². The molecule has 0 aliphatic heterocycles. The molecule has 0 amide bonds. The summed E-state index contributed by atoms with van der Waals surface area (Å²) in [6.07, 6.45) is 8.08. The van der Waals surface area contributed by atoms with E-state index in [1.807, 2.05) is 13.0 Å². The van der Waals surface area contributed by atoms with Gasteiger partial charge in [-0.1, -0.05) is 0 Å². The van der Waals surface area contributed by atoms with Crippen LogP contribution in [0.15, 0.2) is 12.1 Å². The molecule has 1 aromatic carbocycles. The van der Waals surface area contributed by atoms with Gasteiger partial charge in [-0.3, -0.25) is 0 Å². The van der Waals surface area contributed by atoms with E-state index in [0.29, 0.717) is 11.3 Å². The smallest absolute Gasteiger partial charge is 0.129 e. The molecule has 0 N–H and O–H groups in total. The van der Waals surface area contributed by atoms with Crippen LogP contribution in [0, 0.1) is 35.9 Å². The van der Waals surface area contributed by atoms with E-state index < -0.39 is 0 Å². The minimum atomic E-state index is -0.119. The second-order valence-corrected chi connectivity index (χ2v) is 8.16. The first kappa shape index (κ1) is 12.5. The van der Waals surface area contributed by atoms with Gasteiger partial charge >= 0.3 is 0 Å². The van der Waals surface area contributed by atoms with Crippen molar-refractivity contribution in [2.75, 3.05) is 6.61 Å². The summed E-state index contributed by atoms with van der Waals surface area (Å²) in [7, 11) is 0. The van der Waals surface area contributed by atoms with Gasteiger partial charge in [0.25, 0.3) is 0 Å². The van der Waals surface area contributed by atoms with Crippen molar-refractivity contribution in [1.82, 2.24) is 0 Å². The van der Waals surface area contributed by atoms with Crippen molar-refractivity contribution in [3.8, 4) is 5.75 Å². The highest BCUT2D eigenvalue weighted by Crippen LogP contribution is 2.70. The Kier molecular flexibility index (Phi) is 2.39. The van der Waals surface area contributed by atoms with Gasteiger partial charge in [0.15, 0.2) is 0 Å². The third-order valence-corrected chi connectivity index (χ3v) is 6.87. The van der Waals surface area contributed by atoms with Gasteiger partial charge in [0.2, 0.25) is 0 Å². The standard InChI is InChI=1S/C19H23FO/c1-11-4-16(12-2-3-12)18(7-17(11)20)21-10-19-8-13-5-15(19)6-14(13)9-19/h4,7,12-15H,2-3,5-6,8-10H2,1H3. The fourth-order valence-corrected chi connectivity index (χ4v) is 5.65. The molecule has 5 fully saturated rings. The van der Waals surface area contributed by atoms with Gasteiger partial charge in [-0.2, -0.15) is 0 Å². The van der Waals surface area contributed by atoms with Gasteiger partial charge in [0.1, 0.15) is 11.6 Å². The van der Waals surface area contributed by atoms with E-state index in [-0.39, 0.29) is 5.82 Å². The monoisotopic (exact) mass is 286 g/mol. The second-order valence-electron chi connectivity index (χ2n) is 8.16. The van der Waals surface area contributed by atoms with Crippen LogP contribution in [0.25, 0.3) is 0 Å². The molecule has 112 valence electrons. The average Bonchev–Trinajstić information content (AvgIpc) is 2.87. The first-order chi connectivity index (χ1) is 10.1. The fourth-order valence-electron chi connectivity index (χ4n) is 5.65. The summed E-state index contributed by atoms with van der Waals surface area (Å²) >= 11 is 0. The lowest BCUT2D eigenvalue weighted by molar-refractivity contribution is 0.125. The summed E-state index contributed by atoms with van der Waals surface area (Å²) in [5, 5.41) is 0. The van der Waals surface area contributed by atoms with Crippen molar-refractivity contribution in [3.05, 3.63) is 29.1 Å². The van der Waals surface area contributed by atoms with Crippen LogP contribution in [0.2, 0.25) is 0 Å². The molecule has 5 aliphatic rings. The van der Waals surface area contributed by atoms with Gasteiger partial charge in [0, 0.05) is 11.5 Å². The molecular weight excluding hydrogens is 263 g/mol. The van der Waals surface area contributed by atoms with E-state index in [2.05, 4.69) is 0 Å². The van der Waals surface area contributed by atoms with Crippen molar-refractivity contribution in [1.29, 1.82) is 0 Å². The zero-order valence-electron chi connectivity index (χ0n) is 12.7. The largest absolute Gasteiger partial charge is 0.493 e. The van der Waals surface area contributed by atoms with Crippen LogP contribution in [0.1, 0.15) is 55.6 Å². The Bertz CT molecular complexity index is 590. The minimum Gasteiger partial charge on any atom is -0.493 e. The van der Waals surface area contributed by atoms with E-state index in [4.69, 9.17) is 4.74 Å². The summed E-state index contributed by atoms with van der Waals surface area (Å²) in [5.74, 6) is 4.19. The Morgan fingerprint density at radius 2 is 1.90 bits per heavy atom. The van der Waals surface area contributed by atoms with Gasteiger partial charge in [-0.15, -0.1) is 0 Å². The maximum absolute atomic E-state index is 13.9. The molecule has 0 radical (unpaired) electrons. The summed E-state index contributed by atoms with van der Waals surface area (Å²) in [6, 6.07) is 3.66. The van der Waals surface area contributed by atoms with Gasteiger partial charge < -0.3 is 4.74 Å². The molecular formula is C19H23FO.